The molecule has 2 rings (SSSR count). The van der Waals surface area contributed by atoms with Crippen molar-refractivity contribution >= 4 is 17.7 Å². The van der Waals surface area contributed by atoms with Crippen LogP contribution in [-0.4, -0.2) is 56.1 Å². The minimum atomic E-state index is -4.68. The van der Waals surface area contributed by atoms with Crippen molar-refractivity contribution in [2.24, 2.45) is 11.8 Å². The van der Waals surface area contributed by atoms with Gasteiger partial charge in [0.15, 0.2) is 6.61 Å². The summed E-state index contributed by atoms with van der Waals surface area (Å²) in [4.78, 5) is 33.9. The Balaban J connectivity index is 2.02. The predicted molar refractivity (Wildman–Crippen MR) is 111 cm³/mol. The highest BCUT2D eigenvalue weighted by molar-refractivity contribution is 5.80. The Morgan fingerprint density at radius 1 is 1.06 bits per heavy atom. The molecule has 2 aromatic rings. The van der Waals surface area contributed by atoms with Gasteiger partial charge in [0.25, 0.3) is 17.5 Å². The van der Waals surface area contributed by atoms with E-state index in [9.17, 15) is 22.8 Å². The molecule has 0 spiro atoms. The summed E-state index contributed by atoms with van der Waals surface area (Å²) in [5.74, 6) is -1.67. The summed E-state index contributed by atoms with van der Waals surface area (Å²) >= 11 is 0. The molecule has 1 amide bonds. The molecule has 0 fully saturated rings. The summed E-state index contributed by atoms with van der Waals surface area (Å²) in [6.45, 7) is 12.1. The first-order valence-corrected chi connectivity index (χ1v) is 10.5. The van der Waals surface area contributed by atoms with Crippen LogP contribution in [0.3, 0.4) is 0 Å². The number of aromatic nitrogens is 4. The van der Waals surface area contributed by atoms with Crippen LogP contribution in [0, 0.1) is 25.7 Å². The second-order valence-electron chi connectivity index (χ2n) is 8.65. The van der Waals surface area contributed by atoms with Crippen molar-refractivity contribution in [2.75, 3.05) is 19.7 Å². The molecule has 0 aliphatic rings. The van der Waals surface area contributed by atoms with Gasteiger partial charge in [0.2, 0.25) is 0 Å². The van der Waals surface area contributed by atoms with Crippen molar-refractivity contribution in [3.8, 4) is 0 Å². The molecule has 0 saturated carbocycles. The van der Waals surface area contributed by atoms with E-state index in [1.165, 1.54) is 0 Å². The molecule has 0 radical (unpaired) electrons. The molecule has 0 N–H and O–H groups in total. The molecular weight excluding hydrogens is 427 g/mol. The Morgan fingerprint density at radius 2 is 1.66 bits per heavy atom. The fourth-order valence-corrected chi connectivity index (χ4v) is 3.38. The quantitative estimate of drug-likeness (QED) is 0.537. The zero-order valence-electron chi connectivity index (χ0n) is 19.3. The van der Waals surface area contributed by atoms with Crippen molar-refractivity contribution in [2.45, 2.75) is 60.6 Å². The second-order valence-corrected chi connectivity index (χ2v) is 8.65. The van der Waals surface area contributed by atoms with Crippen molar-refractivity contribution in [3.05, 3.63) is 22.8 Å². The minimum absolute atomic E-state index is 0.0443. The zero-order valence-corrected chi connectivity index (χ0v) is 19.3. The van der Waals surface area contributed by atoms with Crippen LogP contribution in [0.1, 0.15) is 56.9 Å². The number of nitrogens with zero attached hydrogens (tertiary/aromatic N) is 5. The summed E-state index contributed by atoms with van der Waals surface area (Å²) in [7, 11) is 0. The molecule has 11 heteroatoms. The number of ether oxygens (including phenoxy) is 1. The number of rotatable bonds is 9. The standard InChI is InChI=1S/C21H30F3N5O3/c1-12(2)9-28(10-13(3)4)17(30)11-32-18(31)8-7-16-14(5)25-20-26-19(21(22,23)24)27-29(20)15(16)6/h12-13H,7-11H2,1-6H3. The van der Waals surface area contributed by atoms with E-state index < -0.39 is 18.0 Å². The zero-order chi connectivity index (χ0) is 24.2. The summed E-state index contributed by atoms with van der Waals surface area (Å²) in [6, 6.07) is 0. The fourth-order valence-electron chi connectivity index (χ4n) is 3.38. The summed E-state index contributed by atoms with van der Waals surface area (Å²) in [6.07, 6.45) is -4.53. The summed E-state index contributed by atoms with van der Waals surface area (Å²) < 4.78 is 44.9. The second kappa shape index (κ2) is 10.3. The predicted octanol–water partition coefficient (Wildman–Crippen LogP) is 3.38. The number of hydrogen-bond donors (Lipinski definition) is 0. The molecular formula is C21H30F3N5O3. The van der Waals surface area contributed by atoms with E-state index in [-0.39, 0.29) is 43.0 Å². The lowest BCUT2D eigenvalue weighted by Crippen LogP contribution is -2.39. The first kappa shape index (κ1) is 25.5. The van der Waals surface area contributed by atoms with Gasteiger partial charge in [-0.2, -0.15) is 18.2 Å². The van der Waals surface area contributed by atoms with Crippen LogP contribution in [0.2, 0.25) is 0 Å². The number of halogens is 3. The van der Waals surface area contributed by atoms with Gasteiger partial charge in [0.1, 0.15) is 0 Å². The molecule has 0 atom stereocenters. The van der Waals surface area contributed by atoms with E-state index in [0.717, 1.165) is 4.52 Å². The number of carbonyl (C=O) groups is 2. The first-order chi connectivity index (χ1) is 14.8. The van der Waals surface area contributed by atoms with E-state index in [1.807, 2.05) is 27.7 Å². The SMILES string of the molecule is Cc1nc2nc(C(F)(F)F)nn2c(C)c1CCC(=O)OCC(=O)N(CC(C)C)CC(C)C. The lowest BCUT2D eigenvalue weighted by Gasteiger charge is -2.26. The minimum Gasteiger partial charge on any atom is -0.456 e. The molecule has 0 aliphatic carbocycles. The maximum atomic E-state index is 12.9. The third kappa shape index (κ3) is 6.64. The molecule has 0 saturated heterocycles. The van der Waals surface area contributed by atoms with E-state index in [2.05, 4.69) is 15.1 Å². The summed E-state index contributed by atoms with van der Waals surface area (Å²) in [5, 5.41) is 3.49. The number of alkyl halides is 3. The maximum absolute atomic E-state index is 12.9. The number of amides is 1. The lowest BCUT2D eigenvalue weighted by atomic mass is 10.1. The molecule has 32 heavy (non-hydrogen) atoms. The number of esters is 1. The largest absolute Gasteiger partial charge is 0.456 e. The van der Waals surface area contributed by atoms with E-state index >= 15 is 0 Å². The fraction of sp³-hybridized carbons (Fsp3) is 0.667. The highest BCUT2D eigenvalue weighted by atomic mass is 19.4. The van der Waals surface area contributed by atoms with Crippen molar-refractivity contribution in [1.29, 1.82) is 0 Å². The van der Waals surface area contributed by atoms with Crippen LogP contribution in [0.5, 0.6) is 0 Å². The Morgan fingerprint density at radius 3 is 2.19 bits per heavy atom. The van der Waals surface area contributed by atoms with Crippen LogP contribution in [-0.2, 0) is 26.9 Å². The average Bonchev–Trinajstić information content (AvgIpc) is 3.09. The van der Waals surface area contributed by atoms with E-state index in [1.54, 1.807) is 18.7 Å². The smallest absolute Gasteiger partial charge is 0.453 e. The number of hydrogen-bond acceptors (Lipinski definition) is 6. The molecule has 8 nitrogen and oxygen atoms in total. The van der Waals surface area contributed by atoms with Crippen molar-refractivity contribution < 1.29 is 27.5 Å². The van der Waals surface area contributed by atoms with Crippen LogP contribution >= 0.6 is 0 Å². The van der Waals surface area contributed by atoms with Crippen LogP contribution in [0.4, 0.5) is 13.2 Å². The number of carbonyl (C=O) groups excluding carboxylic acids is 2. The highest BCUT2D eigenvalue weighted by Crippen LogP contribution is 2.27. The van der Waals surface area contributed by atoms with Crippen LogP contribution in [0.25, 0.3) is 5.78 Å². The molecule has 178 valence electrons. The van der Waals surface area contributed by atoms with Gasteiger partial charge in [-0.25, -0.2) is 9.50 Å². The Labute approximate surface area is 185 Å². The normalized spacial score (nSPS) is 12.1. The molecule has 0 aromatic carbocycles. The third-order valence-electron chi connectivity index (χ3n) is 4.76. The monoisotopic (exact) mass is 457 g/mol. The molecule has 0 bridgehead atoms. The maximum Gasteiger partial charge on any atom is 0.453 e. The third-order valence-corrected chi connectivity index (χ3v) is 4.76. The van der Waals surface area contributed by atoms with Gasteiger partial charge in [0, 0.05) is 30.9 Å². The van der Waals surface area contributed by atoms with E-state index in [4.69, 9.17) is 4.74 Å². The average molecular weight is 457 g/mol. The van der Waals surface area contributed by atoms with Crippen molar-refractivity contribution in [3.63, 3.8) is 0 Å². The number of fused-ring (bicyclic) bond motifs is 1. The summed E-state index contributed by atoms with van der Waals surface area (Å²) in [5.41, 5.74) is 1.46. The van der Waals surface area contributed by atoms with Gasteiger partial charge < -0.3 is 9.64 Å². The number of aryl methyl sites for hydroxylation is 2. The van der Waals surface area contributed by atoms with Crippen molar-refractivity contribution in [1.82, 2.24) is 24.5 Å². The first-order valence-electron chi connectivity index (χ1n) is 10.5. The van der Waals surface area contributed by atoms with Gasteiger partial charge in [0.05, 0.1) is 0 Å². The van der Waals surface area contributed by atoms with Gasteiger partial charge >= 0.3 is 12.1 Å². The Kier molecular flexibility index (Phi) is 8.19. The Bertz CT molecular complexity index is 960. The van der Waals surface area contributed by atoms with Gasteiger partial charge in [-0.1, -0.05) is 27.7 Å². The van der Waals surface area contributed by atoms with E-state index in [0.29, 0.717) is 30.0 Å². The topological polar surface area (TPSA) is 89.7 Å². The highest BCUT2D eigenvalue weighted by Gasteiger charge is 2.37. The van der Waals surface area contributed by atoms with Gasteiger partial charge in [-0.05, 0) is 37.7 Å². The van der Waals surface area contributed by atoms with Crippen LogP contribution < -0.4 is 0 Å². The van der Waals surface area contributed by atoms with Crippen LogP contribution in [0.15, 0.2) is 0 Å². The lowest BCUT2D eigenvalue weighted by molar-refractivity contribution is -0.152. The molecule has 2 heterocycles. The molecule has 0 unspecified atom stereocenters. The Hall–Kier alpha value is -2.72. The molecule has 0 aliphatic heterocycles. The molecule has 2 aromatic heterocycles. The van der Waals surface area contributed by atoms with Gasteiger partial charge in [-0.15, -0.1) is 5.10 Å². The van der Waals surface area contributed by atoms with Gasteiger partial charge in [-0.3, -0.25) is 9.59 Å².